The third-order valence-corrected chi connectivity index (χ3v) is 6.38. The fourth-order valence-electron chi connectivity index (χ4n) is 4.40. The van der Waals surface area contributed by atoms with Gasteiger partial charge in [0.05, 0.1) is 12.2 Å². The van der Waals surface area contributed by atoms with Crippen LogP contribution in [0.15, 0.2) is 35.0 Å². The molecule has 11 heteroatoms. The number of carbonyl (C=O) groups is 2. The number of nitriles is 1. The number of nitrogens with zero attached hydrogens (tertiary/aromatic N) is 5. The lowest BCUT2D eigenvalue weighted by Gasteiger charge is -2.33. The van der Waals surface area contributed by atoms with Gasteiger partial charge >= 0.3 is 6.09 Å². The normalized spacial score (nSPS) is 14.1. The van der Waals surface area contributed by atoms with E-state index in [4.69, 9.17) is 9.26 Å². The Hall–Kier alpha value is -4.46. The standard InChI is InChI=1S/C27H30N6O5/c1-5-37-23-19(14-28)13-20(15-29-23)24-31-22(32-38-24)18-7-6-16-8-10-33(11-9-17(16)12-18)25(34)21(27(2,3)4)30-26(35)36/h6-7,12-13,15,21,30H,5,8-11H2,1-4H3,(H,35,36). The zero-order chi connectivity index (χ0) is 27.4. The number of hydrogen-bond acceptors (Lipinski definition) is 8. The molecule has 0 saturated heterocycles. The molecule has 2 aromatic heterocycles. The van der Waals surface area contributed by atoms with Crippen molar-refractivity contribution in [2.75, 3.05) is 19.7 Å². The second kappa shape index (κ2) is 10.9. The highest BCUT2D eigenvalue weighted by Gasteiger charge is 2.36. The van der Waals surface area contributed by atoms with Crippen molar-refractivity contribution >= 4 is 12.0 Å². The summed E-state index contributed by atoms with van der Waals surface area (Å²) in [7, 11) is 0. The number of aromatic nitrogens is 3. The Morgan fingerprint density at radius 3 is 2.61 bits per heavy atom. The third kappa shape index (κ3) is 5.75. The zero-order valence-corrected chi connectivity index (χ0v) is 21.8. The van der Waals surface area contributed by atoms with Gasteiger partial charge in [-0.15, -0.1) is 0 Å². The number of benzene rings is 1. The quantitative estimate of drug-likeness (QED) is 0.497. The molecule has 1 unspecified atom stereocenters. The Balaban J connectivity index is 1.52. The first-order valence-corrected chi connectivity index (χ1v) is 12.4. The van der Waals surface area contributed by atoms with Crippen LogP contribution in [-0.2, 0) is 17.6 Å². The summed E-state index contributed by atoms with van der Waals surface area (Å²) in [6.45, 7) is 8.70. The van der Waals surface area contributed by atoms with E-state index in [9.17, 15) is 20.0 Å². The SMILES string of the molecule is CCOc1ncc(-c2nc(-c3ccc4c(c3)CCN(C(=O)C(NC(=O)O)C(C)(C)C)CC4)no2)cc1C#N. The van der Waals surface area contributed by atoms with Gasteiger partial charge in [-0.25, -0.2) is 9.78 Å². The van der Waals surface area contributed by atoms with E-state index in [0.29, 0.717) is 43.9 Å². The first kappa shape index (κ1) is 26.6. The van der Waals surface area contributed by atoms with E-state index in [-0.39, 0.29) is 23.2 Å². The Morgan fingerprint density at radius 2 is 1.95 bits per heavy atom. The van der Waals surface area contributed by atoms with Crippen molar-refractivity contribution in [3.63, 3.8) is 0 Å². The second-order valence-electron chi connectivity index (χ2n) is 10.1. The number of carboxylic acid groups (broad SMARTS) is 1. The molecule has 3 heterocycles. The van der Waals surface area contributed by atoms with Crippen LogP contribution < -0.4 is 10.1 Å². The highest BCUT2D eigenvalue weighted by atomic mass is 16.5. The predicted molar refractivity (Wildman–Crippen MR) is 137 cm³/mol. The average Bonchev–Trinajstić information content (AvgIpc) is 3.27. The van der Waals surface area contributed by atoms with Crippen LogP contribution in [0.4, 0.5) is 4.79 Å². The molecule has 1 atom stereocenters. The Bertz CT molecular complexity index is 1390. The van der Waals surface area contributed by atoms with E-state index in [1.54, 1.807) is 11.0 Å². The molecule has 2 N–H and O–H groups in total. The molecule has 0 spiro atoms. The van der Waals surface area contributed by atoms with Crippen molar-refractivity contribution < 1.29 is 24.0 Å². The maximum Gasteiger partial charge on any atom is 0.405 e. The molecule has 0 bridgehead atoms. The van der Waals surface area contributed by atoms with Crippen molar-refractivity contribution in [2.45, 2.75) is 46.6 Å². The van der Waals surface area contributed by atoms with Gasteiger partial charge in [-0.2, -0.15) is 10.2 Å². The number of pyridine rings is 1. The van der Waals surface area contributed by atoms with Crippen LogP contribution in [0.3, 0.4) is 0 Å². The summed E-state index contributed by atoms with van der Waals surface area (Å²) in [6.07, 6.45) is 1.57. The van der Waals surface area contributed by atoms with Gasteiger partial charge in [-0.05, 0) is 48.4 Å². The molecule has 4 rings (SSSR count). The molecule has 0 saturated carbocycles. The van der Waals surface area contributed by atoms with E-state index < -0.39 is 17.6 Å². The van der Waals surface area contributed by atoms with Crippen LogP contribution in [0.25, 0.3) is 22.8 Å². The fraction of sp³-hybridized carbons (Fsp3) is 0.407. The average molecular weight is 519 g/mol. The van der Waals surface area contributed by atoms with E-state index in [0.717, 1.165) is 16.7 Å². The van der Waals surface area contributed by atoms with Crippen LogP contribution in [0.2, 0.25) is 0 Å². The number of ether oxygens (including phenoxy) is 1. The first-order chi connectivity index (χ1) is 18.1. The van der Waals surface area contributed by atoms with Gasteiger partial charge in [0.2, 0.25) is 17.6 Å². The number of carbonyl (C=O) groups excluding carboxylic acids is 1. The smallest absolute Gasteiger partial charge is 0.405 e. The highest BCUT2D eigenvalue weighted by Crippen LogP contribution is 2.28. The largest absolute Gasteiger partial charge is 0.477 e. The monoisotopic (exact) mass is 518 g/mol. The minimum atomic E-state index is -1.22. The van der Waals surface area contributed by atoms with Gasteiger partial charge in [0, 0.05) is 24.8 Å². The van der Waals surface area contributed by atoms with E-state index in [1.807, 2.05) is 45.9 Å². The number of rotatable bonds is 6. The molecule has 3 aromatic rings. The number of amides is 2. The van der Waals surface area contributed by atoms with Crippen molar-refractivity contribution in [3.8, 4) is 34.8 Å². The van der Waals surface area contributed by atoms with Crippen LogP contribution in [0.5, 0.6) is 5.88 Å². The molecule has 11 nitrogen and oxygen atoms in total. The van der Waals surface area contributed by atoms with E-state index in [1.165, 1.54) is 6.20 Å². The molecule has 1 aliphatic heterocycles. The maximum absolute atomic E-state index is 13.2. The Kier molecular flexibility index (Phi) is 7.62. The summed E-state index contributed by atoms with van der Waals surface area (Å²) in [5.41, 5.74) is 3.16. The van der Waals surface area contributed by atoms with Gasteiger partial charge in [0.25, 0.3) is 5.89 Å². The summed E-state index contributed by atoms with van der Waals surface area (Å²) in [5.74, 6) is 0.657. The lowest BCUT2D eigenvalue weighted by Crippen LogP contribution is -2.54. The van der Waals surface area contributed by atoms with Gasteiger partial charge in [-0.3, -0.25) is 4.79 Å². The summed E-state index contributed by atoms with van der Waals surface area (Å²) in [5, 5.41) is 25.2. The molecular formula is C27H30N6O5. The molecule has 0 radical (unpaired) electrons. The molecular weight excluding hydrogens is 488 g/mol. The minimum absolute atomic E-state index is 0.226. The Morgan fingerprint density at radius 1 is 1.21 bits per heavy atom. The summed E-state index contributed by atoms with van der Waals surface area (Å²) >= 11 is 0. The van der Waals surface area contributed by atoms with E-state index in [2.05, 4.69) is 26.5 Å². The minimum Gasteiger partial charge on any atom is -0.477 e. The van der Waals surface area contributed by atoms with Gasteiger partial charge in [0.15, 0.2) is 0 Å². The predicted octanol–water partition coefficient (Wildman–Crippen LogP) is 3.68. The summed E-state index contributed by atoms with van der Waals surface area (Å²) in [4.78, 5) is 35.0. The third-order valence-electron chi connectivity index (χ3n) is 6.38. The topological polar surface area (TPSA) is 154 Å². The number of fused-ring (bicyclic) bond motifs is 1. The van der Waals surface area contributed by atoms with Gasteiger partial charge in [0.1, 0.15) is 17.7 Å². The molecule has 1 aliphatic rings. The van der Waals surface area contributed by atoms with Crippen molar-refractivity contribution in [1.82, 2.24) is 25.3 Å². The highest BCUT2D eigenvalue weighted by molar-refractivity contribution is 5.86. The Labute approximate surface area is 220 Å². The van der Waals surface area contributed by atoms with Crippen molar-refractivity contribution in [1.29, 1.82) is 5.26 Å². The zero-order valence-electron chi connectivity index (χ0n) is 21.8. The molecule has 2 amide bonds. The van der Waals surface area contributed by atoms with Crippen molar-refractivity contribution in [3.05, 3.63) is 47.2 Å². The number of hydrogen-bond donors (Lipinski definition) is 2. The fourth-order valence-corrected chi connectivity index (χ4v) is 4.40. The maximum atomic E-state index is 13.2. The summed E-state index contributed by atoms with van der Waals surface area (Å²) < 4.78 is 10.8. The van der Waals surface area contributed by atoms with Gasteiger partial charge in [-0.1, -0.05) is 38.1 Å². The van der Waals surface area contributed by atoms with Crippen molar-refractivity contribution in [2.24, 2.45) is 5.41 Å². The first-order valence-electron chi connectivity index (χ1n) is 12.4. The molecule has 0 fully saturated rings. The van der Waals surface area contributed by atoms with Crippen LogP contribution in [-0.4, -0.2) is 62.9 Å². The van der Waals surface area contributed by atoms with Crippen LogP contribution in [0.1, 0.15) is 44.4 Å². The second-order valence-corrected chi connectivity index (χ2v) is 10.1. The lowest BCUT2D eigenvalue weighted by molar-refractivity contribution is -0.135. The summed E-state index contributed by atoms with van der Waals surface area (Å²) in [6, 6.07) is 8.72. The van der Waals surface area contributed by atoms with Crippen LogP contribution in [0, 0.1) is 16.7 Å². The number of nitrogens with one attached hydrogen (secondary N) is 1. The van der Waals surface area contributed by atoms with Gasteiger partial charge < -0.3 is 24.6 Å². The molecule has 38 heavy (non-hydrogen) atoms. The molecule has 0 aliphatic carbocycles. The molecule has 198 valence electrons. The molecule has 1 aromatic carbocycles. The lowest BCUT2D eigenvalue weighted by atomic mass is 9.86. The van der Waals surface area contributed by atoms with E-state index >= 15 is 0 Å². The van der Waals surface area contributed by atoms with Crippen LogP contribution >= 0.6 is 0 Å².